The van der Waals surface area contributed by atoms with Crippen molar-refractivity contribution in [3.63, 3.8) is 0 Å². The van der Waals surface area contributed by atoms with Gasteiger partial charge in [0.05, 0.1) is 0 Å². The highest BCUT2D eigenvalue weighted by Crippen LogP contribution is 2.32. The SMILES string of the molecule is CN(C)C(=O)C1CCCN1C(=O)C1COc2ccccc2O1. The number of ether oxygens (including phenoxy) is 2. The predicted octanol–water partition coefficient (Wildman–Crippen LogP) is 0.906. The van der Waals surface area contributed by atoms with Crippen LogP contribution in [-0.4, -0.2) is 61.0 Å². The van der Waals surface area contributed by atoms with Crippen LogP contribution in [0, 0.1) is 0 Å². The first-order valence-electron chi connectivity index (χ1n) is 7.48. The van der Waals surface area contributed by atoms with Crippen molar-refractivity contribution >= 4 is 11.8 Å². The molecular formula is C16H20N2O4. The van der Waals surface area contributed by atoms with Crippen molar-refractivity contribution in [2.75, 3.05) is 27.2 Å². The van der Waals surface area contributed by atoms with Crippen molar-refractivity contribution in [3.05, 3.63) is 24.3 Å². The number of para-hydroxylation sites is 2. The van der Waals surface area contributed by atoms with Crippen molar-refractivity contribution in [2.24, 2.45) is 0 Å². The lowest BCUT2D eigenvalue weighted by molar-refractivity contribution is -0.148. The Kier molecular flexibility index (Phi) is 3.92. The molecule has 3 rings (SSSR count). The molecular weight excluding hydrogens is 284 g/mol. The third-order valence-electron chi connectivity index (χ3n) is 4.05. The summed E-state index contributed by atoms with van der Waals surface area (Å²) in [6.07, 6.45) is 0.845. The molecule has 2 amide bonds. The van der Waals surface area contributed by atoms with Crippen LogP contribution in [0.15, 0.2) is 24.3 Å². The zero-order valence-electron chi connectivity index (χ0n) is 12.8. The molecule has 22 heavy (non-hydrogen) atoms. The molecule has 0 aromatic heterocycles. The van der Waals surface area contributed by atoms with Crippen LogP contribution in [0.5, 0.6) is 11.5 Å². The molecule has 6 heteroatoms. The molecule has 2 aliphatic heterocycles. The summed E-state index contributed by atoms with van der Waals surface area (Å²) >= 11 is 0. The maximum atomic E-state index is 12.7. The first-order chi connectivity index (χ1) is 10.6. The van der Waals surface area contributed by atoms with Crippen molar-refractivity contribution in [3.8, 4) is 11.5 Å². The fourth-order valence-corrected chi connectivity index (χ4v) is 2.91. The molecule has 6 nitrogen and oxygen atoms in total. The van der Waals surface area contributed by atoms with Gasteiger partial charge in [-0.25, -0.2) is 0 Å². The number of hydrogen-bond acceptors (Lipinski definition) is 4. The van der Waals surface area contributed by atoms with Gasteiger partial charge in [-0.1, -0.05) is 12.1 Å². The molecule has 1 fully saturated rings. The molecule has 118 valence electrons. The van der Waals surface area contributed by atoms with Gasteiger partial charge in [0.25, 0.3) is 5.91 Å². The summed E-state index contributed by atoms with van der Waals surface area (Å²) in [5.41, 5.74) is 0. The number of benzene rings is 1. The lowest BCUT2D eigenvalue weighted by atomic mass is 10.2. The van der Waals surface area contributed by atoms with Crippen molar-refractivity contribution in [1.29, 1.82) is 0 Å². The maximum absolute atomic E-state index is 12.7. The average Bonchev–Trinajstić information content (AvgIpc) is 3.02. The largest absolute Gasteiger partial charge is 0.485 e. The first-order valence-corrected chi connectivity index (χ1v) is 7.48. The number of nitrogens with zero attached hydrogens (tertiary/aromatic N) is 2. The Morgan fingerprint density at radius 1 is 1.23 bits per heavy atom. The highest BCUT2D eigenvalue weighted by molar-refractivity contribution is 5.90. The second kappa shape index (κ2) is 5.87. The maximum Gasteiger partial charge on any atom is 0.267 e. The molecule has 1 aromatic rings. The number of rotatable bonds is 2. The molecule has 2 unspecified atom stereocenters. The Morgan fingerprint density at radius 2 is 1.95 bits per heavy atom. The molecule has 0 aliphatic carbocycles. The summed E-state index contributed by atoms with van der Waals surface area (Å²) in [5, 5.41) is 0. The number of likely N-dealkylation sites (tertiary alicyclic amines) is 1. The fourth-order valence-electron chi connectivity index (χ4n) is 2.91. The Hall–Kier alpha value is -2.24. The zero-order chi connectivity index (χ0) is 15.7. The van der Waals surface area contributed by atoms with Crippen molar-refractivity contribution in [2.45, 2.75) is 25.0 Å². The van der Waals surface area contributed by atoms with E-state index in [2.05, 4.69) is 0 Å². The monoisotopic (exact) mass is 304 g/mol. The minimum atomic E-state index is -0.689. The van der Waals surface area contributed by atoms with Crippen LogP contribution in [0.4, 0.5) is 0 Å². The van der Waals surface area contributed by atoms with Crippen LogP contribution in [0.1, 0.15) is 12.8 Å². The summed E-state index contributed by atoms with van der Waals surface area (Å²) < 4.78 is 11.3. The van der Waals surface area contributed by atoms with E-state index in [0.717, 1.165) is 6.42 Å². The van der Waals surface area contributed by atoms with Crippen molar-refractivity contribution in [1.82, 2.24) is 9.80 Å². The highest BCUT2D eigenvalue weighted by atomic mass is 16.6. The zero-order valence-corrected chi connectivity index (χ0v) is 12.8. The van der Waals surface area contributed by atoms with Crippen LogP contribution in [0.3, 0.4) is 0 Å². The number of amides is 2. The van der Waals surface area contributed by atoms with E-state index in [1.54, 1.807) is 25.1 Å². The van der Waals surface area contributed by atoms with Gasteiger partial charge in [-0.05, 0) is 25.0 Å². The number of carbonyl (C=O) groups excluding carboxylic acids is 2. The molecule has 2 aliphatic rings. The molecule has 0 saturated carbocycles. The predicted molar refractivity (Wildman–Crippen MR) is 79.8 cm³/mol. The quantitative estimate of drug-likeness (QED) is 0.815. The summed E-state index contributed by atoms with van der Waals surface area (Å²) in [4.78, 5) is 28.1. The second-order valence-electron chi connectivity index (χ2n) is 5.79. The van der Waals surface area contributed by atoms with Crippen LogP contribution >= 0.6 is 0 Å². The van der Waals surface area contributed by atoms with Gasteiger partial charge in [0.2, 0.25) is 12.0 Å². The summed E-state index contributed by atoms with van der Waals surface area (Å²) in [6, 6.07) is 6.90. The minimum absolute atomic E-state index is 0.0389. The third-order valence-corrected chi connectivity index (χ3v) is 4.05. The van der Waals surface area contributed by atoms with E-state index < -0.39 is 6.10 Å². The van der Waals surface area contributed by atoms with Gasteiger partial charge in [-0.2, -0.15) is 0 Å². The minimum Gasteiger partial charge on any atom is -0.485 e. The van der Waals surface area contributed by atoms with E-state index in [9.17, 15) is 9.59 Å². The molecule has 0 spiro atoms. The lowest BCUT2D eigenvalue weighted by Gasteiger charge is -2.32. The molecule has 2 atom stereocenters. The Labute approximate surface area is 129 Å². The summed E-state index contributed by atoms with van der Waals surface area (Å²) in [7, 11) is 3.42. The molecule has 0 bridgehead atoms. The first kappa shape index (κ1) is 14.7. The van der Waals surface area contributed by atoms with Crippen LogP contribution in [-0.2, 0) is 9.59 Å². The van der Waals surface area contributed by atoms with E-state index in [0.29, 0.717) is 24.5 Å². The van der Waals surface area contributed by atoms with Gasteiger partial charge in [0, 0.05) is 20.6 Å². The van der Waals surface area contributed by atoms with E-state index in [1.807, 2.05) is 18.2 Å². The van der Waals surface area contributed by atoms with Gasteiger partial charge < -0.3 is 19.3 Å². The van der Waals surface area contributed by atoms with Gasteiger partial charge in [0.15, 0.2) is 11.5 Å². The van der Waals surface area contributed by atoms with Gasteiger partial charge in [-0.3, -0.25) is 9.59 Å². The van der Waals surface area contributed by atoms with Crippen LogP contribution in [0.2, 0.25) is 0 Å². The molecule has 0 radical (unpaired) electrons. The van der Waals surface area contributed by atoms with Gasteiger partial charge in [0.1, 0.15) is 12.6 Å². The number of likely N-dealkylation sites (N-methyl/N-ethyl adjacent to an activating group) is 1. The van der Waals surface area contributed by atoms with Crippen LogP contribution < -0.4 is 9.47 Å². The number of hydrogen-bond donors (Lipinski definition) is 0. The van der Waals surface area contributed by atoms with Crippen LogP contribution in [0.25, 0.3) is 0 Å². The molecule has 1 aromatic carbocycles. The van der Waals surface area contributed by atoms with Crippen molar-refractivity contribution < 1.29 is 19.1 Å². The summed E-state index contributed by atoms with van der Waals surface area (Å²) in [5.74, 6) is 1.01. The third kappa shape index (κ3) is 2.61. The Balaban J connectivity index is 1.73. The Bertz CT molecular complexity index is 587. The van der Waals surface area contributed by atoms with E-state index in [4.69, 9.17) is 9.47 Å². The standard InChI is InChI=1S/C16H20N2O4/c1-17(2)15(19)11-6-5-9-18(11)16(20)14-10-21-12-7-3-4-8-13(12)22-14/h3-4,7-8,11,14H,5-6,9-10H2,1-2H3. The van der Waals surface area contributed by atoms with E-state index in [-0.39, 0.29) is 24.5 Å². The van der Waals surface area contributed by atoms with Gasteiger partial charge >= 0.3 is 0 Å². The number of carbonyl (C=O) groups is 2. The molecule has 0 N–H and O–H groups in total. The van der Waals surface area contributed by atoms with Gasteiger partial charge in [-0.15, -0.1) is 0 Å². The molecule has 2 heterocycles. The average molecular weight is 304 g/mol. The lowest BCUT2D eigenvalue weighted by Crippen LogP contribution is -2.52. The topological polar surface area (TPSA) is 59.1 Å². The Morgan fingerprint density at radius 3 is 2.68 bits per heavy atom. The summed E-state index contributed by atoms with van der Waals surface area (Å²) in [6.45, 7) is 0.764. The second-order valence-corrected chi connectivity index (χ2v) is 5.79. The fraction of sp³-hybridized carbons (Fsp3) is 0.500. The number of fused-ring (bicyclic) bond motifs is 1. The normalized spacial score (nSPS) is 23.3. The smallest absolute Gasteiger partial charge is 0.267 e. The van der Waals surface area contributed by atoms with E-state index in [1.165, 1.54) is 4.90 Å². The van der Waals surface area contributed by atoms with E-state index >= 15 is 0 Å². The molecule has 1 saturated heterocycles. The highest BCUT2D eigenvalue weighted by Gasteiger charge is 2.40.